The van der Waals surface area contributed by atoms with E-state index in [1.807, 2.05) is 4.90 Å². The molecule has 2 heterocycles. The third-order valence-electron chi connectivity index (χ3n) is 5.32. The fraction of sp³-hybridized carbons (Fsp3) is 0.579. The highest BCUT2D eigenvalue weighted by atomic mass is 19.4. The van der Waals surface area contributed by atoms with Crippen molar-refractivity contribution in [2.45, 2.75) is 19.2 Å². The first-order valence-electron chi connectivity index (χ1n) is 9.89. The Morgan fingerprint density at radius 2 is 1.55 bits per heavy atom. The summed E-state index contributed by atoms with van der Waals surface area (Å²) in [5, 5.41) is 2.68. The van der Waals surface area contributed by atoms with Gasteiger partial charge in [-0.05, 0) is 24.3 Å². The Morgan fingerprint density at radius 1 is 0.966 bits per heavy atom. The van der Waals surface area contributed by atoms with Gasteiger partial charge in [0.2, 0.25) is 0 Å². The summed E-state index contributed by atoms with van der Waals surface area (Å²) in [7, 11) is 0. The number of rotatable bonds is 6. The average Bonchev–Trinajstić information content (AvgIpc) is 3.15. The fourth-order valence-corrected chi connectivity index (χ4v) is 3.80. The van der Waals surface area contributed by atoms with E-state index in [1.165, 1.54) is 29.9 Å². The second-order valence-electron chi connectivity index (χ2n) is 7.56. The molecular weight excluding hydrogens is 389 g/mol. The van der Waals surface area contributed by atoms with E-state index < -0.39 is 6.36 Å². The molecule has 2 fully saturated rings. The topological polar surface area (TPSA) is 67.5 Å². The van der Waals surface area contributed by atoms with Crippen LogP contribution in [0.5, 0.6) is 5.75 Å². The zero-order chi connectivity index (χ0) is 20.9. The minimum Gasteiger partial charge on any atom is -0.406 e. The molecule has 10 heteroatoms. The Bertz CT molecular complexity index is 698. The maximum absolute atomic E-state index is 12.4. The lowest BCUT2D eigenvalue weighted by Gasteiger charge is -2.32. The van der Waals surface area contributed by atoms with E-state index in [0.29, 0.717) is 38.4 Å². The SMILES string of the molecule is O=C(C[NH+]1CCN(C(=O)C[NH+]2CCCC2)CC1)Nc1ccc(OC(F)(F)F)cc1. The van der Waals surface area contributed by atoms with Crippen LogP contribution in [-0.4, -0.2) is 75.4 Å². The highest BCUT2D eigenvalue weighted by Gasteiger charge is 2.31. The molecule has 2 aliphatic rings. The van der Waals surface area contributed by atoms with E-state index in [-0.39, 0.29) is 24.1 Å². The quantitative estimate of drug-likeness (QED) is 0.553. The van der Waals surface area contributed by atoms with Crippen molar-refractivity contribution < 1.29 is 37.3 Å². The van der Waals surface area contributed by atoms with Gasteiger partial charge in [0.25, 0.3) is 11.8 Å². The number of amides is 2. The van der Waals surface area contributed by atoms with Crippen LogP contribution in [0.1, 0.15) is 12.8 Å². The lowest BCUT2D eigenvalue weighted by molar-refractivity contribution is -0.896. The van der Waals surface area contributed by atoms with Crippen molar-refractivity contribution in [2.75, 3.05) is 57.7 Å². The molecule has 1 aromatic carbocycles. The van der Waals surface area contributed by atoms with E-state index >= 15 is 0 Å². The number of benzene rings is 1. The first kappa shape index (κ1) is 21.4. The van der Waals surface area contributed by atoms with Gasteiger partial charge < -0.3 is 24.8 Å². The summed E-state index contributed by atoms with van der Waals surface area (Å²) in [5.41, 5.74) is 0.409. The molecule has 0 aliphatic carbocycles. The van der Waals surface area contributed by atoms with Gasteiger partial charge in [0.15, 0.2) is 13.1 Å². The Labute approximate surface area is 167 Å². The van der Waals surface area contributed by atoms with Crippen LogP contribution in [-0.2, 0) is 9.59 Å². The van der Waals surface area contributed by atoms with Gasteiger partial charge in [-0.1, -0.05) is 0 Å². The minimum absolute atomic E-state index is 0.187. The minimum atomic E-state index is -4.74. The molecule has 2 aliphatic heterocycles. The van der Waals surface area contributed by atoms with Gasteiger partial charge in [-0.15, -0.1) is 13.2 Å². The number of hydrogen-bond donors (Lipinski definition) is 3. The molecule has 1 aromatic rings. The summed E-state index contributed by atoms with van der Waals surface area (Å²) in [6, 6.07) is 5.04. The molecule has 0 spiro atoms. The summed E-state index contributed by atoms with van der Waals surface area (Å²) in [4.78, 5) is 28.9. The van der Waals surface area contributed by atoms with Crippen LogP contribution >= 0.6 is 0 Å². The predicted octanol–water partition coefficient (Wildman–Crippen LogP) is -1.07. The Kier molecular flexibility index (Phi) is 6.96. The van der Waals surface area contributed by atoms with E-state index in [2.05, 4.69) is 10.1 Å². The maximum Gasteiger partial charge on any atom is 0.573 e. The van der Waals surface area contributed by atoms with E-state index in [4.69, 9.17) is 0 Å². The average molecular weight is 416 g/mol. The second kappa shape index (κ2) is 9.45. The Balaban J connectivity index is 1.38. The van der Waals surface area contributed by atoms with Gasteiger partial charge in [0, 0.05) is 18.5 Å². The van der Waals surface area contributed by atoms with Crippen molar-refractivity contribution in [2.24, 2.45) is 0 Å². The number of nitrogens with zero attached hydrogens (tertiary/aromatic N) is 1. The van der Waals surface area contributed by atoms with Gasteiger partial charge in [-0.2, -0.15) is 0 Å². The zero-order valence-electron chi connectivity index (χ0n) is 16.2. The lowest BCUT2D eigenvalue weighted by Crippen LogP contribution is -3.16. The summed E-state index contributed by atoms with van der Waals surface area (Å²) in [6.07, 6.45) is -2.37. The molecule has 0 bridgehead atoms. The standard InChI is InChI=1S/C19H25F3N4O3/c20-19(21,22)29-16-5-3-15(4-6-16)23-17(27)13-25-9-11-26(12-10-25)18(28)14-24-7-1-2-8-24/h3-6H,1-2,7-14H2,(H,23,27)/p+2. The molecule has 0 radical (unpaired) electrons. The largest absolute Gasteiger partial charge is 0.573 e. The van der Waals surface area contributed by atoms with Gasteiger partial charge in [0.05, 0.1) is 39.3 Å². The fourth-order valence-electron chi connectivity index (χ4n) is 3.80. The Hall–Kier alpha value is -2.33. The second-order valence-corrected chi connectivity index (χ2v) is 7.56. The number of nitrogens with one attached hydrogen (secondary N) is 3. The number of alkyl halides is 3. The number of piperazine rings is 1. The van der Waals surface area contributed by atoms with Crippen molar-refractivity contribution in [1.82, 2.24) is 4.90 Å². The van der Waals surface area contributed by atoms with Gasteiger partial charge >= 0.3 is 6.36 Å². The van der Waals surface area contributed by atoms with E-state index in [0.717, 1.165) is 30.1 Å². The van der Waals surface area contributed by atoms with Crippen LogP contribution in [0.4, 0.5) is 18.9 Å². The number of quaternary nitrogens is 2. The molecule has 29 heavy (non-hydrogen) atoms. The van der Waals surface area contributed by atoms with Crippen LogP contribution in [0.3, 0.4) is 0 Å². The third-order valence-corrected chi connectivity index (χ3v) is 5.32. The van der Waals surface area contributed by atoms with Crippen molar-refractivity contribution in [1.29, 1.82) is 0 Å². The van der Waals surface area contributed by atoms with Crippen LogP contribution in [0, 0.1) is 0 Å². The number of likely N-dealkylation sites (tertiary alicyclic amines) is 1. The van der Waals surface area contributed by atoms with Crippen LogP contribution in [0.2, 0.25) is 0 Å². The van der Waals surface area contributed by atoms with Crippen molar-refractivity contribution in [3.05, 3.63) is 24.3 Å². The van der Waals surface area contributed by atoms with Gasteiger partial charge in [0.1, 0.15) is 5.75 Å². The highest BCUT2D eigenvalue weighted by molar-refractivity contribution is 5.91. The van der Waals surface area contributed by atoms with Crippen LogP contribution in [0.25, 0.3) is 0 Å². The van der Waals surface area contributed by atoms with E-state index in [9.17, 15) is 22.8 Å². The molecule has 0 aromatic heterocycles. The van der Waals surface area contributed by atoms with Crippen LogP contribution in [0.15, 0.2) is 24.3 Å². The maximum atomic E-state index is 12.4. The number of anilines is 1. The lowest BCUT2D eigenvalue weighted by atomic mass is 10.2. The number of carbonyl (C=O) groups is 2. The van der Waals surface area contributed by atoms with Gasteiger partial charge in [-0.25, -0.2) is 0 Å². The van der Waals surface area contributed by atoms with E-state index in [1.54, 1.807) is 0 Å². The predicted molar refractivity (Wildman–Crippen MR) is 98.7 cm³/mol. The van der Waals surface area contributed by atoms with Crippen LogP contribution < -0.4 is 19.9 Å². The zero-order valence-corrected chi connectivity index (χ0v) is 16.2. The molecule has 2 amide bonds. The molecular formula is C19H27F3N4O3+2. The Morgan fingerprint density at radius 3 is 2.14 bits per heavy atom. The number of hydrogen-bond acceptors (Lipinski definition) is 3. The normalized spacial score (nSPS) is 18.7. The molecule has 0 atom stereocenters. The summed E-state index contributed by atoms with van der Waals surface area (Å²) in [5.74, 6) is -0.366. The first-order valence-corrected chi connectivity index (χ1v) is 9.89. The summed E-state index contributed by atoms with van der Waals surface area (Å²) < 4.78 is 40.3. The number of carbonyl (C=O) groups excluding carboxylic acids is 2. The van der Waals surface area contributed by atoms with Crippen molar-refractivity contribution in [3.8, 4) is 5.75 Å². The molecule has 3 N–H and O–H groups in total. The summed E-state index contributed by atoms with van der Waals surface area (Å²) in [6.45, 7) is 5.63. The number of halogens is 3. The molecule has 3 rings (SSSR count). The monoisotopic (exact) mass is 416 g/mol. The molecule has 0 unspecified atom stereocenters. The molecule has 0 saturated carbocycles. The third kappa shape index (κ3) is 6.90. The smallest absolute Gasteiger partial charge is 0.406 e. The molecule has 2 saturated heterocycles. The number of ether oxygens (including phenoxy) is 1. The first-order chi connectivity index (χ1) is 13.8. The van der Waals surface area contributed by atoms with Crippen molar-refractivity contribution in [3.63, 3.8) is 0 Å². The highest BCUT2D eigenvalue weighted by Crippen LogP contribution is 2.23. The molecule has 160 valence electrons. The van der Waals surface area contributed by atoms with Crippen molar-refractivity contribution >= 4 is 17.5 Å². The van der Waals surface area contributed by atoms with Gasteiger partial charge in [-0.3, -0.25) is 9.59 Å². The molecule has 7 nitrogen and oxygen atoms in total. The summed E-state index contributed by atoms with van der Waals surface area (Å²) >= 11 is 0.